The Morgan fingerprint density at radius 2 is 2.09 bits per heavy atom. The van der Waals surface area contributed by atoms with Crippen LogP contribution < -0.4 is 0 Å². The number of likely N-dealkylation sites (tertiary alicyclic amines) is 1. The molecule has 3 rings (SSSR count). The van der Waals surface area contributed by atoms with Crippen LogP contribution in [0, 0.1) is 26.7 Å². The van der Waals surface area contributed by atoms with Crippen molar-refractivity contribution in [3.8, 4) is 0 Å². The summed E-state index contributed by atoms with van der Waals surface area (Å²) in [7, 11) is 1.98. The topological polar surface area (TPSA) is 70.0 Å². The standard InChI is InChI=1S/C16H25N5O/c1-10-5-14(18-17-10)6-13-7-21(9-16(13)22)8-15-11(2)19-20(4)12(15)3/h5,13,16,22H,6-9H2,1-4H3,(H,17,18)/t13-,16-/m1/s1. The number of hydrogen-bond donors (Lipinski definition) is 2. The molecule has 2 aromatic rings. The summed E-state index contributed by atoms with van der Waals surface area (Å²) in [4.78, 5) is 2.33. The van der Waals surface area contributed by atoms with Gasteiger partial charge in [0.05, 0.1) is 17.5 Å². The van der Waals surface area contributed by atoms with Crippen LogP contribution in [0.2, 0.25) is 0 Å². The minimum absolute atomic E-state index is 0.250. The summed E-state index contributed by atoms with van der Waals surface area (Å²) < 4.78 is 1.93. The molecule has 1 aliphatic rings. The summed E-state index contributed by atoms with van der Waals surface area (Å²) in [6.07, 6.45) is 0.543. The van der Waals surface area contributed by atoms with Crippen LogP contribution in [-0.4, -0.2) is 49.2 Å². The highest BCUT2D eigenvalue weighted by molar-refractivity contribution is 5.24. The van der Waals surface area contributed by atoms with E-state index in [0.717, 1.165) is 43.1 Å². The first-order valence-electron chi connectivity index (χ1n) is 7.84. The van der Waals surface area contributed by atoms with Crippen LogP contribution in [-0.2, 0) is 20.0 Å². The number of aliphatic hydroxyl groups is 1. The van der Waals surface area contributed by atoms with E-state index < -0.39 is 0 Å². The van der Waals surface area contributed by atoms with Crippen LogP contribution in [0.4, 0.5) is 0 Å². The zero-order valence-corrected chi connectivity index (χ0v) is 13.8. The fraction of sp³-hybridized carbons (Fsp3) is 0.625. The molecular formula is C16H25N5O. The van der Waals surface area contributed by atoms with Gasteiger partial charge in [-0.15, -0.1) is 0 Å². The predicted molar refractivity (Wildman–Crippen MR) is 84.5 cm³/mol. The van der Waals surface area contributed by atoms with Crippen molar-refractivity contribution in [2.75, 3.05) is 13.1 Å². The molecule has 0 saturated carbocycles. The third-order valence-electron chi connectivity index (χ3n) is 4.75. The van der Waals surface area contributed by atoms with Crippen molar-refractivity contribution in [3.63, 3.8) is 0 Å². The number of rotatable bonds is 4. The van der Waals surface area contributed by atoms with Crippen molar-refractivity contribution in [3.05, 3.63) is 34.4 Å². The van der Waals surface area contributed by atoms with Gasteiger partial charge in [-0.25, -0.2) is 0 Å². The van der Waals surface area contributed by atoms with Gasteiger partial charge in [0.2, 0.25) is 0 Å². The first-order valence-corrected chi connectivity index (χ1v) is 7.84. The minimum Gasteiger partial charge on any atom is -0.391 e. The highest BCUT2D eigenvalue weighted by Crippen LogP contribution is 2.24. The van der Waals surface area contributed by atoms with Crippen molar-refractivity contribution in [2.24, 2.45) is 13.0 Å². The third-order valence-corrected chi connectivity index (χ3v) is 4.75. The summed E-state index contributed by atoms with van der Waals surface area (Å²) in [5, 5.41) is 22.1. The molecule has 0 radical (unpaired) electrons. The number of H-pyrrole nitrogens is 1. The number of β-amino-alcohol motifs (C(OH)–C–C–N with tert-alkyl or cyclic N) is 1. The Morgan fingerprint density at radius 1 is 1.32 bits per heavy atom. The van der Waals surface area contributed by atoms with Crippen molar-refractivity contribution in [1.82, 2.24) is 24.9 Å². The molecule has 0 spiro atoms. The molecule has 0 unspecified atom stereocenters. The van der Waals surface area contributed by atoms with Gasteiger partial charge >= 0.3 is 0 Å². The predicted octanol–water partition coefficient (Wildman–Crippen LogP) is 1.10. The fourth-order valence-corrected chi connectivity index (χ4v) is 3.39. The zero-order valence-electron chi connectivity index (χ0n) is 13.8. The van der Waals surface area contributed by atoms with Gasteiger partial charge in [-0.3, -0.25) is 14.7 Å². The highest BCUT2D eigenvalue weighted by atomic mass is 16.3. The molecule has 1 fully saturated rings. The normalized spacial score (nSPS) is 22.6. The lowest BCUT2D eigenvalue weighted by atomic mass is 10.0. The number of aromatic nitrogens is 4. The number of nitrogens with zero attached hydrogens (tertiary/aromatic N) is 4. The van der Waals surface area contributed by atoms with E-state index >= 15 is 0 Å². The van der Waals surface area contributed by atoms with Gasteiger partial charge < -0.3 is 5.11 Å². The van der Waals surface area contributed by atoms with E-state index in [1.54, 1.807) is 0 Å². The van der Waals surface area contributed by atoms with Crippen molar-refractivity contribution >= 4 is 0 Å². The van der Waals surface area contributed by atoms with E-state index in [9.17, 15) is 5.11 Å². The summed E-state index contributed by atoms with van der Waals surface area (Å²) >= 11 is 0. The quantitative estimate of drug-likeness (QED) is 0.887. The zero-order chi connectivity index (χ0) is 15.9. The van der Waals surface area contributed by atoms with E-state index in [1.807, 2.05) is 18.7 Å². The lowest BCUT2D eigenvalue weighted by Crippen LogP contribution is -2.22. The second-order valence-electron chi connectivity index (χ2n) is 6.54. The Labute approximate surface area is 131 Å². The van der Waals surface area contributed by atoms with Gasteiger partial charge in [-0.2, -0.15) is 10.2 Å². The molecule has 6 heteroatoms. The SMILES string of the molecule is Cc1cc(C[C@@H]2CN(Cc3c(C)nn(C)c3C)C[C@H]2O)n[nH]1. The maximum absolute atomic E-state index is 10.3. The average Bonchev–Trinajstić information content (AvgIpc) is 3.08. The molecule has 0 bridgehead atoms. The van der Waals surface area contributed by atoms with Crippen molar-refractivity contribution in [1.29, 1.82) is 0 Å². The van der Waals surface area contributed by atoms with Crippen molar-refractivity contribution in [2.45, 2.75) is 39.8 Å². The van der Waals surface area contributed by atoms with Crippen LogP contribution in [0.15, 0.2) is 6.07 Å². The molecule has 0 amide bonds. The van der Waals surface area contributed by atoms with Crippen LogP contribution in [0.5, 0.6) is 0 Å². The van der Waals surface area contributed by atoms with Crippen LogP contribution in [0.3, 0.4) is 0 Å². The Hall–Kier alpha value is -1.66. The lowest BCUT2D eigenvalue weighted by Gasteiger charge is -2.15. The van der Waals surface area contributed by atoms with E-state index in [-0.39, 0.29) is 12.0 Å². The summed E-state index contributed by atoms with van der Waals surface area (Å²) in [6, 6.07) is 2.06. The van der Waals surface area contributed by atoms with Gasteiger partial charge in [-0.1, -0.05) is 0 Å². The molecule has 3 heterocycles. The smallest absolute Gasteiger partial charge is 0.0711 e. The molecule has 2 atom stereocenters. The Bertz CT molecular complexity index is 660. The molecule has 120 valence electrons. The molecule has 2 aromatic heterocycles. The number of aryl methyl sites for hydroxylation is 3. The van der Waals surface area contributed by atoms with Gasteiger partial charge in [-0.05, 0) is 33.3 Å². The Balaban J connectivity index is 1.65. The molecule has 0 aliphatic carbocycles. The molecule has 1 aliphatic heterocycles. The lowest BCUT2D eigenvalue weighted by molar-refractivity contribution is 0.140. The monoisotopic (exact) mass is 303 g/mol. The van der Waals surface area contributed by atoms with Gasteiger partial charge in [0, 0.05) is 49.6 Å². The van der Waals surface area contributed by atoms with Crippen LogP contribution in [0.1, 0.15) is 28.3 Å². The average molecular weight is 303 g/mol. The van der Waals surface area contributed by atoms with Crippen LogP contribution in [0.25, 0.3) is 0 Å². The maximum Gasteiger partial charge on any atom is 0.0711 e. The van der Waals surface area contributed by atoms with Crippen LogP contribution >= 0.6 is 0 Å². The van der Waals surface area contributed by atoms with Crippen molar-refractivity contribution < 1.29 is 5.11 Å². The van der Waals surface area contributed by atoms with E-state index in [0.29, 0.717) is 0 Å². The third kappa shape index (κ3) is 2.94. The summed E-state index contributed by atoms with van der Waals surface area (Å²) in [6.45, 7) is 8.65. The highest BCUT2D eigenvalue weighted by Gasteiger charge is 2.32. The maximum atomic E-state index is 10.3. The molecular weight excluding hydrogens is 278 g/mol. The Kier molecular flexibility index (Phi) is 4.06. The number of aliphatic hydroxyl groups excluding tert-OH is 1. The van der Waals surface area contributed by atoms with E-state index in [1.165, 1.54) is 11.3 Å². The molecule has 2 N–H and O–H groups in total. The summed E-state index contributed by atoms with van der Waals surface area (Å²) in [5.41, 5.74) is 5.68. The fourth-order valence-electron chi connectivity index (χ4n) is 3.39. The second-order valence-corrected chi connectivity index (χ2v) is 6.54. The minimum atomic E-state index is -0.283. The summed E-state index contributed by atoms with van der Waals surface area (Å²) in [5.74, 6) is 0.250. The van der Waals surface area contributed by atoms with E-state index in [2.05, 4.69) is 40.1 Å². The van der Waals surface area contributed by atoms with Gasteiger partial charge in [0.15, 0.2) is 0 Å². The molecule has 1 saturated heterocycles. The van der Waals surface area contributed by atoms with Gasteiger partial charge in [0.1, 0.15) is 0 Å². The molecule has 6 nitrogen and oxygen atoms in total. The second kappa shape index (κ2) is 5.85. The molecule has 0 aromatic carbocycles. The largest absolute Gasteiger partial charge is 0.391 e. The first-order chi connectivity index (χ1) is 10.4. The molecule has 22 heavy (non-hydrogen) atoms. The first kappa shape index (κ1) is 15.2. The van der Waals surface area contributed by atoms with E-state index in [4.69, 9.17) is 0 Å². The number of nitrogens with one attached hydrogen (secondary N) is 1. The van der Waals surface area contributed by atoms with Gasteiger partial charge in [0.25, 0.3) is 0 Å². The Morgan fingerprint density at radius 3 is 2.68 bits per heavy atom. The number of hydrogen-bond acceptors (Lipinski definition) is 4. The number of aromatic amines is 1.